The van der Waals surface area contributed by atoms with Gasteiger partial charge in [0.25, 0.3) is 0 Å². The molecular weight excluding hydrogens is 274 g/mol. The zero-order chi connectivity index (χ0) is 14.4. The number of pyridine rings is 1. The number of aromatic nitrogens is 1. The van der Waals surface area contributed by atoms with Gasteiger partial charge in [0.15, 0.2) is 0 Å². The Hall–Kier alpha value is -0.980. The molecule has 0 spiro atoms. The Morgan fingerprint density at radius 3 is 2.90 bits per heavy atom. The lowest BCUT2D eigenvalue weighted by molar-refractivity contribution is 0.243. The largest absolute Gasteiger partial charge is 0.330 e. The van der Waals surface area contributed by atoms with Crippen LogP contribution >= 0.6 is 0 Å². The number of aryl methyl sites for hydroxylation is 1. The van der Waals surface area contributed by atoms with E-state index in [9.17, 15) is 8.42 Å². The maximum Gasteiger partial charge on any atom is 0.214 e. The number of nitrogens with two attached hydrogens (primary N) is 1. The maximum atomic E-state index is 12.5. The number of hydrogen-bond acceptors (Lipinski definition) is 4. The van der Waals surface area contributed by atoms with Gasteiger partial charge in [0.1, 0.15) is 0 Å². The molecule has 0 aliphatic carbocycles. The van der Waals surface area contributed by atoms with Crippen LogP contribution in [0.4, 0.5) is 0 Å². The lowest BCUT2D eigenvalue weighted by atomic mass is 10.0. The molecular formula is C14H23N3O2S. The van der Waals surface area contributed by atoms with Gasteiger partial charge in [0.05, 0.1) is 5.75 Å². The first-order chi connectivity index (χ1) is 9.63. The first-order valence-corrected chi connectivity index (χ1v) is 8.84. The van der Waals surface area contributed by atoms with Crippen LogP contribution in [0.3, 0.4) is 0 Å². The molecule has 1 fully saturated rings. The minimum absolute atomic E-state index is 0.0856. The third kappa shape index (κ3) is 4.01. The molecule has 5 nitrogen and oxygen atoms in total. The highest BCUT2D eigenvalue weighted by Gasteiger charge is 2.31. The van der Waals surface area contributed by atoms with Crippen LogP contribution in [-0.2, 0) is 16.4 Å². The van der Waals surface area contributed by atoms with Crippen molar-refractivity contribution >= 4 is 10.0 Å². The Morgan fingerprint density at radius 1 is 1.35 bits per heavy atom. The van der Waals surface area contributed by atoms with E-state index in [4.69, 9.17) is 5.73 Å². The van der Waals surface area contributed by atoms with Crippen LogP contribution in [0.2, 0.25) is 0 Å². The fourth-order valence-corrected chi connectivity index (χ4v) is 4.49. The summed E-state index contributed by atoms with van der Waals surface area (Å²) in [5, 5.41) is 0. The Balaban J connectivity index is 2.01. The van der Waals surface area contributed by atoms with Gasteiger partial charge in [0.2, 0.25) is 10.0 Å². The van der Waals surface area contributed by atoms with Crippen molar-refractivity contribution in [3.63, 3.8) is 0 Å². The minimum atomic E-state index is -3.22. The molecule has 0 bridgehead atoms. The predicted molar refractivity (Wildman–Crippen MR) is 79.7 cm³/mol. The quantitative estimate of drug-likeness (QED) is 0.855. The van der Waals surface area contributed by atoms with Crippen molar-refractivity contribution in [3.05, 3.63) is 30.1 Å². The monoisotopic (exact) mass is 297 g/mol. The number of sulfonamides is 1. The van der Waals surface area contributed by atoms with Crippen LogP contribution in [0.5, 0.6) is 0 Å². The third-order valence-electron chi connectivity index (χ3n) is 3.77. The molecule has 20 heavy (non-hydrogen) atoms. The molecule has 6 heteroatoms. The van der Waals surface area contributed by atoms with Crippen molar-refractivity contribution < 1.29 is 8.42 Å². The van der Waals surface area contributed by atoms with E-state index in [0.717, 1.165) is 31.4 Å². The smallest absolute Gasteiger partial charge is 0.214 e. The topological polar surface area (TPSA) is 76.3 Å². The molecule has 0 saturated carbocycles. The molecule has 1 aromatic rings. The Kier molecular flexibility index (Phi) is 5.51. The summed E-state index contributed by atoms with van der Waals surface area (Å²) >= 11 is 0. The van der Waals surface area contributed by atoms with Crippen LogP contribution in [-0.4, -0.2) is 42.6 Å². The first-order valence-electron chi connectivity index (χ1n) is 7.23. The average molecular weight is 297 g/mol. The van der Waals surface area contributed by atoms with Crippen molar-refractivity contribution in [2.24, 2.45) is 5.73 Å². The lowest BCUT2D eigenvalue weighted by Crippen LogP contribution is -2.45. The second kappa shape index (κ2) is 7.15. The van der Waals surface area contributed by atoms with E-state index in [2.05, 4.69) is 4.98 Å². The van der Waals surface area contributed by atoms with E-state index in [-0.39, 0.29) is 11.8 Å². The number of hydrogen-bond donors (Lipinski definition) is 1. The van der Waals surface area contributed by atoms with Gasteiger partial charge in [-0.25, -0.2) is 8.42 Å². The second-order valence-electron chi connectivity index (χ2n) is 5.22. The van der Waals surface area contributed by atoms with Crippen LogP contribution in [0, 0.1) is 0 Å². The van der Waals surface area contributed by atoms with Gasteiger partial charge in [-0.15, -0.1) is 0 Å². The van der Waals surface area contributed by atoms with E-state index in [0.29, 0.717) is 19.5 Å². The normalized spacial score (nSPS) is 20.9. The maximum absolute atomic E-state index is 12.5. The van der Waals surface area contributed by atoms with Gasteiger partial charge in [-0.1, -0.05) is 12.5 Å². The standard InChI is InChI=1S/C14H23N3O2S/c15-9-7-14-6-2-4-11-17(14)20(18,19)12-8-13-5-1-3-10-16-13/h1,3,5,10,14H,2,4,6-9,11-12,15H2. The molecule has 2 heterocycles. The minimum Gasteiger partial charge on any atom is -0.330 e. The highest BCUT2D eigenvalue weighted by molar-refractivity contribution is 7.89. The van der Waals surface area contributed by atoms with Crippen molar-refractivity contribution in [2.45, 2.75) is 38.1 Å². The Morgan fingerprint density at radius 2 is 2.20 bits per heavy atom. The van der Waals surface area contributed by atoms with Crippen LogP contribution in [0.15, 0.2) is 24.4 Å². The summed E-state index contributed by atoms with van der Waals surface area (Å²) < 4.78 is 26.7. The molecule has 1 unspecified atom stereocenters. The summed E-state index contributed by atoms with van der Waals surface area (Å²) in [5.41, 5.74) is 6.42. The Labute approximate surface area is 121 Å². The van der Waals surface area contributed by atoms with Crippen molar-refractivity contribution in [3.8, 4) is 0 Å². The van der Waals surface area contributed by atoms with Crippen molar-refractivity contribution in [1.82, 2.24) is 9.29 Å². The van der Waals surface area contributed by atoms with Gasteiger partial charge in [-0.05, 0) is 37.9 Å². The lowest BCUT2D eigenvalue weighted by Gasteiger charge is -2.34. The van der Waals surface area contributed by atoms with Gasteiger partial charge in [-0.3, -0.25) is 4.98 Å². The fourth-order valence-electron chi connectivity index (χ4n) is 2.72. The molecule has 112 valence electrons. The summed E-state index contributed by atoms with van der Waals surface area (Å²) in [4.78, 5) is 4.18. The zero-order valence-corrected chi connectivity index (χ0v) is 12.6. The van der Waals surface area contributed by atoms with E-state index in [1.807, 2.05) is 18.2 Å². The molecule has 0 radical (unpaired) electrons. The van der Waals surface area contributed by atoms with E-state index < -0.39 is 10.0 Å². The average Bonchev–Trinajstić information content (AvgIpc) is 2.47. The van der Waals surface area contributed by atoms with E-state index in [1.165, 1.54) is 0 Å². The van der Waals surface area contributed by atoms with Gasteiger partial charge in [-0.2, -0.15) is 4.31 Å². The number of piperidine rings is 1. The summed E-state index contributed by atoms with van der Waals surface area (Å²) in [7, 11) is -3.22. The Bertz CT molecular complexity index is 502. The van der Waals surface area contributed by atoms with Gasteiger partial charge < -0.3 is 5.73 Å². The van der Waals surface area contributed by atoms with E-state index in [1.54, 1.807) is 10.5 Å². The molecule has 1 saturated heterocycles. The molecule has 0 amide bonds. The zero-order valence-electron chi connectivity index (χ0n) is 11.7. The third-order valence-corrected chi connectivity index (χ3v) is 5.69. The summed E-state index contributed by atoms with van der Waals surface area (Å²) in [6, 6.07) is 5.67. The molecule has 1 aromatic heterocycles. The summed E-state index contributed by atoms with van der Waals surface area (Å²) in [6.07, 6.45) is 5.89. The van der Waals surface area contributed by atoms with Gasteiger partial charge >= 0.3 is 0 Å². The second-order valence-corrected chi connectivity index (χ2v) is 7.27. The van der Waals surface area contributed by atoms with Crippen LogP contribution in [0.1, 0.15) is 31.4 Å². The predicted octanol–water partition coefficient (Wildman–Crippen LogP) is 1.16. The number of rotatable bonds is 6. The highest BCUT2D eigenvalue weighted by Crippen LogP contribution is 2.23. The summed E-state index contributed by atoms with van der Waals surface area (Å²) in [5.74, 6) is 0.130. The van der Waals surface area contributed by atoms with E-state index >= 15 is 0 Å². The number of nitrogens with zero attached hydrogens (tertiary/aromatic N) is 2. The first kappa shape index (κ1) is 15.4. The highest BCUT2D eigenvalue weighted by atomic mass is 32.2. The van der Waals surface area contributed by atoms with Crippen LogP contribution in [0.25, 0.3) is 0 Å². The van der Waals surface area contributed by atoms with Crippen molar-refractivity contribution in [1.29, 1.82) is 0 Å². The summed E-state index contributed by atoms with van der Waals surface area (Å²) in [6.45, 7) is 1.17. The molecule has 1 aliphatic heterocycles. The molecule has 1 atom stereocenters. The molecule has 0 aromatic carbocycles. The molecule has 2 rings (SSSR count). The molecule has 2 N–H and O–H groups in total. The van der Waals surface area contributed by atoms with Crippen LogP contribution < -0.4 is 5.73 Å². The SMILES string of the molecule is NCCC1CCCCN1S(=O)(=O)CCc1ccccn1. The van der Waals surface area contributed by atoms with Crippen molar-refractivity contribution in [2.75, 3.05) is 18.8 Å². The van der Waals surface area contributed by atoms with Gasteiger partial charge in [0, 0.05) is 30.9 Å². The molecule has 1 aliphatic rings. The fraction of sp³-hybridized carbons (Fsp3) is 0.643.